The van der Waals surface area contributed by atoms with E-state index < -0.39 is 11.6 Å². The molecule has 0 amide bonds. The minimum absolute atomic E-state index is 0.491. The van der Waals surface area contributed by atoms with E-state index in [-0.39, 0.29) is 0 Å². The van der Waals surface area contributed by atoms with E-state index in [1.54, 1.807) is 6.07 Å². The van der Waals surface area contributed by atoms with Gasteiger partial charge in [0.15, 0.2) is 11.6 Å². The molecule has 4 nitrogen and oxygen atoms in total. The third-order valence-corrected chi connectivity index (χ3v) is 4.49. The highest BCUT2D eigenvalue weighted by molar-refractivity contribution is 5.18. The van der Waals surface area contributed by atoms with Gasteiger partial charge in [-0.05, 0) is 50.6 Å². The SMILES string of the molecule is Cc1[nH]ncc1CNC1CCN(Cc2ccc(F)c(F)c2)CC1. The number of nitrogens with one attached hydrogen (secondary N) is 2. The van der Waals surface area contributed by atoms with Crippen molar-refractivity contribution in [1.82, 2.24) is 20.4 Å². The van der Waals surface area contributed by atoms with Crippen molar-refractivity contribution in [2.75, 3.05) is 13.1 Å². The van der Waals surface area contributed by atoms with Crippen molar-refractivity contribution >= 4 is 0 Å². The largest absolute Gasteiger partial charge is 0.310 e. The van der Waals surface area contributed by atoms with Gasteiger partial charge in [-0.1, -0.05) is 6.07 Å². The maximum Gasteiger partial charge on any atom is 0.159 e. The van der Waals surface area contributed by atoms with Crippen molar-refractivity contribution in [3.05, 3.63) is 52.9 Å². The van der Waals surface area contributed by atoms with Gasteiger partial charge in [0, 0.05) is 30.4 Å². The van der Waals surface area contributed by atoms with Gasteiger partial charge in [0.2, 0.25) is 0 Å². The molecule has 23 heavy (non-hydrogen) atoms. The number of H-pyrrole nitrogens is 1. The van der Waals surface area contributed by atoms with Crippen LogP contribution in [0.1, 0.15) is 29.7 Å². The molecule has 0 spiro atoms. The van der Waals surface area contributed by atoms with Crippen LogP contribution in [0.5, 0.6) is 0 Å². The van der Waals surface area contributed by atoms with E-state index in [2.05, 4.69) is 20.4 Å². The molecule has 3 rings (SSSR count). The van der Waals surface area contributed by atoms with Crippen LogP contribution in [0.3, 0.4) is 0 Å². The number of aryl methyl sites for hydroxylation is 1. The number of hydrogen-bond acceptors (Lipinski definition) is 3. The summed E-state index contributed by atoms with van der Waals surface area (Å²) in [7, 11) is 0. The standard InChI is InChI=1S/C17H22F2N4/c1-12-14(10-21-22-12)9-20-15-4-6-23(7-5-15)11-13-2-3-16(18)17(19)8-13/h2-3,8,10,15,20H,4-7,9,11H2,1H3,(H,21,22). The van der Waals surface area contributed by atoms with Gasteiger partial charge in [-0.25, -0.2) is 8.78 Å². The summed E-state index contributed by atoms with van der Waals surface area (Å²) in [5.74, 6) is -1.55. The van der Waals surface area contributed by atoms with Gasteiger partial charge < -0.3 is 5.32 Å². The summed E-state index contributed by atoms with van der Waals surface area (Å²) in [6.45, 7) is 5.44. The number of halogens is 2. The third-order valence-electron chi connectivity index (χ3n) is 4.49. The molecule has 2 heterocycles. The lowest BCUT2D eigenvalue weighted by Gasteiger charge is -2.32. The van der Waals surface area contributed by atoms with E-state index in [9.17, 15) is 8.78 Å². The second-order valence-electron chi connectivity index (χ2n) is 6.20. The Balaban J connectivity index is 1.45. The maximum absolute atomic E-state index is 13.3. The predicted molar refractivity (Wildman–Crippen MR) is 84.8 cm³/mol. The van der Waals surface area contributed by atoms with Crippen LogP contribution in [0, 0.1) is 18.6 Å². The molecule has 0 bridgehead atoms. The van der Waals surface area contributed by atoms with Crippen LogP contribution >= 0.6 is 0 Å². The predicted octanol–water partition coefficient (Wildman–Crippen LogP) is 2.75. The molecule has 0 atom stereocenters. The van der Waals surface area contributed by atoms with Gasteiger partial charge in [0.1, 0.15) is 0 Å². The van der Waals surface area contributed by atoms with Crippen LogP contribution in [0.15, 0.2) is 24.4 Å². The lowest BCUT2D eigenvalue weighted by atomic mass is 10.0. The van der Waals surface area contributed by atoms with Crippen molar-refractivity contribution < 1.29 is 8.78 Å². The molecule has 2 N–H and O–H groups in total. The molecule has 0 unspecified atom stereocenters. The first-order chi connectivity index (χ1) is 11.1. The average Bonchev–Trinajstić information content (AvgIpc) is 2.95. The smallest absolute Gasteiger partial charge is 0.159 e. The number of likely N-dealkylation sites (tertiary alicyclic amines) is 1. The van der Waals surface area contributed by atoms with E-state index in [1.165, 1.54) is 17.7 Å². The number of aromatic nitrogens is 2. The lowest BCUT2D eigenvalue weighted by Crippen LogP contribution is -2.41. The first-order valence-corrected chi connectivity index (χ1v) is 8.00. The Labute approximate surface area is 134 Å². The molecule has 0 radical (unpaired) electrons. The van der Waals surface area contributed by atoms with Gasteiger partial charge in [0.05, 0.1) is 6.20 Å². The molecule has 2 aromatic rings. The summed E-state index contributed by atoms with van der Waals surface area (Å²) in [6, 6.07) is 4.64. The maximum atomic E-state index is 13.3. The van der Waals surface area contributed by atoms with Crippen molar-refractivity contribution in [3.8, 4) is 0 Å². The summed E-state index contributed by atoms with van der Waals surface area (Å²) < 4.78 is 26.2. The highest BCUT2D eigenvalue weighted by Gasteiger charge is 2.19. The van der Waals surface area contributed by atoms with Crippen molar-refractivity contribution in [1.29, 1.82) is 0 Å². The van der Waals surface area contributed by atoms with Crippen LogP contribution in [0.4, 0.5) is 8.78 Å². The quantitative estimate of drug-likeness (QED) is 0.890. The number of nitrogens with zero attached hydrogens (tertiary/aromatic N) is 2. The van der Waals surface area contributed by atoms with E-state index in [0.717, 1.165) is 43.7 Å². The fraction of sp³-hybridized carbons (Fsp3) is 0.471. The summed E-state index contributed by atoms with van der Waals surface area (Å²) in [4.78, 5) is 2.29. The Morgan fingerprint density at radius 2 is 2.04 bits per heavy atom. The van der Waals surface area contributed by atoms with E-state index in [0.29, 0.717) is 12.6 Å². The molecule has 0 aliphatic carbocycles. The number of benzene rings is 1. The second-order valence-corrected chi connectivity index (χ2v) is 6.20. The summed E-state index contributed by atoms with van der Waals surface area (Å²) in [5.41, 5.74) is 3.13. The molecule has 1 aromatic heterocycles. The average molecular weight is 320 g/mol. The first-order valence-electron chi connectivity index (χ1n) is 8.00. The number of aromatic amines is 1. The highest BCUT2D eigenvalue weighted by atomic mass is 19.2. The topological polar surface area (TPSA) is 44.0 Å². The normalized spacial score (nSPS) is 16.8. The zero-order valence-electron chi connectivity index (χ0n) is 13.3. The molecule has 1 aliphatic heterocycles. The van der Waals surface area contributed by atoms with Crippen molar-refractivity contribution in [2.45, 2.75) is 38.9 Å². The lowest BCUT2D eigenvalue weighted by molar-refractivity contribution is 0.190. The minimum Gasteiger partial charge on any atom is -0.310 e. The van der Waals surface area contributed by atoms with Crippen molar-refractivity contribution in [2.24, 2.45) is 0 Å². The first kappa shape index (κ1) is 16.1. The fourth-order valence-electron chi connectivity index (χ4n) is 3.00. The molecule has 1 aromatic carbocycles. The monoisotopic (exact) mass is 320 g/mol. The fourth-order valence-corrected chi connectivity index (χ4v) is 3.00. The highest BCUT2D eigenvalue weighted by Crippen LogP contribution is 2.16. The van der Waals surface area contributed by atoms with Crippen LogP contribution in [0.2, 0.25) is 0 Å². The zero-order chi connectivity index (χ0) is 16.2. The Morgan fingerprint density at radius 1 is 1.26 bits per heavy atom. The molecule has 124 valence electrons. The molecule has 1 aliphatic rings. The third kappa shape index (κ3) is 4.14. The van der Waals surface area contributed by atoms with E-state index in [1.807, 2.05) is 13.1 Å². The van der Waals surface area contributed by atoms with E-state index in [4.69, 9.17) is 0 Å². The Kier molecular flexibility index (Phi) is 5.03. The molecule has 0 saturated carbocycles. The Morgan fingerprint density at radius 3 is 2.70 bits per heavy atom. The van der Waals surface area contributed by atoms with E-state index >= 15 is 0 Å². The van der Waals surface area contributed by atoms with Gasteiger partial charge in [-0.3, -0.25) is 10.00 Å². The van der Waals surface area contributed by atoms with Crippen LogP contribution in [0.25, 0.3) is 0 Å². The van der Waals surface area contributed by atoms with Crippen LogP contribution in [-0.2, 0) is 13.1 Å². The summed E-state index contributed by atoms with van der Waals surface area (Å²) >= 11 is 0. The number of hydrogen-bond donors (Lipinski definition) is 2. The van der Waals surface area contributed by atoms with Crippen LogP contribution < -0.4 is 5.32 Å². The number of piperidine rings is 1. The Hall–Kier alpha value is -1.79. The molecule has 1 fully saturated rings. The van der Waals surface area contributed by atoms with Crippen molar-refractivity contribution in [3.63, 3.8) is 0 Å². The van der Waals surface area contributed by atoms with Gasteiger partial charge in [-0.2, -0.15) is 5.10 Å². The Bertz CT molecular complexity index is 648. The zero-order valence-corrected chi connectivity index (χ0v) is 13.3. The molecule has 6 heteroatoms. The van der Waals surface area contributed by atoms with Crippen LogP contribution in [-0.4, -0.2) is 34.2 Å². The van der Waals surface area contributed by atoms with Gasteiger partial charge in [0.25, 0.3) is 0 Å². The number of rotatable bonds is 5. The minimum atomic E-state index is -0.786. The molecule has 1 saturated heterocycles. The molecular weight excluding hydrogens is 298 g/mol. The summed E-state index contributed by atoms with van der Waals surface area (Å²) in [6.07, 6.45) is 3.97. The van der Waals surface area contributed by atoms with Gasteiger partial charge >= 0.3 is 0 Å². The summed E-state index contributed by atoms with van der Waals surface area (Å²) in [5, 5.41) is 10.5. The second kappa shape index (κ2) is 7.19. The van der Waals surface area contributed by atoms with Gasteiger partial charge in [-0.15, -0.1) is 0 Å². The molecular formula is C17H22F2N4.